The van der Waals surface area contributed by atoms with Crippen LogP contribution in [0.2, 0.25) is 0 Å². The minimum atomic E-state index is -0.366. The summed E-state index contributed by atoms with van der Waals surface area (Å²) in [4.78, 5) is 12.6. The lowest BCUT2D eigenvalue weighted by molar-refractivity contribution is -0.123. The Balaban J connectivity index is 1.47. The van der Waals surface area contributed by atoms with E-state index in [9.17, 15) is 4.79 Å². The normalized spacial score (nSPS) is 17.0. The van der Waals surface area contributed by atoms with Gasteiger partial charge in [0.05, 0.1) is 0 Å². The van der Waals surface area contributed by atoms with Crippen molar-refractivity contribution in [3.8, 4) is 11.5 Å². The van der Waals surface area contributed by atoms with E-state index in [0.29, 0.717) is 25.8 Å². The fourth-order valence-corrected chi connectivity index (χ4v) is 2.94. The van der Waals surface area contributed by atoms with Gasteiger partial charge in [0.25, 0.3) is 0 Å². The van der Waals surface area contributed by atoms with Crippen LogP contribution in [0, 0.1) is 0 Å². The zero-order valence-corrected chi connectivity index (χ0v) is 14.0. The summed E-state index contributed by atoms with van der Waals surface area (Å²) in [7, 11) is 0. The molecule has 1 aliphatic heterocycles. The van der Waals surface area contributed by atoms with Gasteiger partial charge in [-0.15, -0.1) is 0 Å². The minimum absolute atomic E-state index is 0.0336. The number of fused-ring (bicyclic) bond motifs is 1. The van der Waals surface area contributed by atoms with Crippen LogP contribution >= 0.6 is 0 Å². The van der Waals surface area contributed by atoms with Gasteiger partial charge in [-0.25, -0.2) is 0 Å². The average molecular weight is 338 g/mol. The Morgan fingerprint density at radius 2 is 1.80 bits per heavy atom. The summed E-state index contributed by atoms with van der Waals surface area (Å²) in [5.74, 6) is 1.58. The van der Waals surface area contributed by atoms with Gasteiger partial charge >= 0.3 is 0 Å². The van der Waals surface area contributed by atoms with Crippen molar-refractivity contribution < 1.29 is 14.3 Å². The minimum Gasteiger partial charge on any atom is -0.486 e. The summed E-state index contributed by atoms with van der Waals surface area (Å²) in [5.41, 5.74) is 2.03. The summed E-state index contributed by atoms with van der Waals surface area (Å²) in [6, 6.07) is 15.7. The molecule has 130 valence electrons. The smallest absolute Gasteiger partial charge is 0.241 e. The molecule has 5 heteroatoms. The topological polar surface area (TPSA) is 59.6 Å². The van der Waals surface area contributed by atoms with Crippen LogP contribution in [-0.4, -0.2) is 25.2 Å². The lowest BCUT2D eigenvalue weighted by Gasteiger charge is -2.21. The van der Waals surface area contributed by atoms with Crippen LogP contribution in [0.3, 0.4) is 0 Å². The molecule has 0 unspecified atom stereocenters. The number of hydrogen-bond donors (Lipinski definition) is 2. The van der Waals surface area contributed by atoms with Crippen molar-refractivity contribution in [3.05, 3.63) is 59.7 Å². The van der Waals surface area contributed by atoms with E-state index >= 15 is 0 Å². The lowest BCUT2D eigenvalue weighted by atomic mass is 10.1. The summed E-state index contributed by atoms with van der Waals surface area (Å²) < 4.78 is 11.2. The highest BCUT2D eigenvalue weighted by Crippen LogP contribution is 2.31. The van der Waals surface area contributed by atoms with Crippen molar-refractivity contribution in [2.75, 3.05) is 13.2 Å². The van der Waals surface area contributed by atoms with Crippen LogP contribution in [0.15, 0.2) is 48.5 Å². The molecule has 1 amide bonds. The van der Waals surface area contributed by atoms with Gasteiger partial charge in [-0.1, -0.05) is 36.4 Å². The first kappa shape index (κ1) is 16.0. The van der Waals surface area contributed by atoms with E-state index in [1.807, 2.05) is 48.5 Å². The molecule has 4 rings (SSSR count). The molecule has 0 radical (unpaired) electrons. The van der Waals surface area contributed by atoms with Crippen molar-refractivity contribution >= 4 is 5.91 Å². The van der Waals surface area contributed by atoms with Gasteiger partial charge in [0.2, 0.25) is 5.91 Å². The highest BCUT2D eigenvalue weighted by molar-refractivity contribution is 5.83. The van der Waals surface area contributed by atoms with Crippen molar-refractivity contribution in [2.24, 2.45) is 0 Å². The number of carbonyl (C=O) groups is 1. The predicted octanol–water partition coefficient (Wildman–Crippen LogP) is 2.57. The maximum absolute atomic E-state index is 12.6. The molecule has 2 N–H and O–H groups in total. The molecule has 1 heterocycles. The van der Waals surface area contributed by atoms with E-state index in [1.165, 1.54) is 0 Å². The van der Waals surface area contributed by atoms with Gasteiger partial charge in [-0.3, -0.25) is 10.1 Å². The standard InChI is InChI=1S/C20H22N2O3/c23-20(22-16-7-8-16)19(15-4-2-1-3-5-15)21-13-14-6-9-17-18(12-14)25-11-10-24-17/h1-6,9,12,16,19,21H,7-8,10-11,13H2,(H,22,23)/t19-/m0/s1. The van der Waals surface area contributed by atoms with Crippen molar-refractivity contribution in [2.45, 2.75) is 31.5 Å². The second-order valence-electron chi connectivity index (χ2n) is 6.49. The molecule has 2 aromatic carbocycles. The van der Waals surface area contributed by atoms with Crippen molar-refractivity contribution in [1.29, 1.82) is 0 Å². The third-order valence-electron chi connectivity index (χ3n) is 4.44. The van der Waals surface area contributed by atoms with E-state index in [4.69, 9.17) is 9.47 Å². The number of hydrogen-bond acceptors (Lipinski definition) is 4. The second kappa shape index (κ2) is 7.15. The molecule has 1 fully saturated rings. The van der Waals surface area contributed by atoms with Crippen LogP contribution in [-0.2, 0) is 11.3 Å². The largest absolute Gasteiger partial charge is 0.486 e. The molecule has 2 aromatic rings. The fourth-order valence-electron chi connectivity index (χ4n) is 2.94. The number of amides is 1. The molecule has 0 saturated heterocycles. The maximum Gasteiger partial charge on any atom is 0.241 e. The van der Waals surface area contributed by atoms with Gasteiger partial charge in [0.15, 0.2) is 11.5 Å². The predicted molar refractivity (Wildman–Crippen MR) is 94.6 cm³/mol. The zero-order valence-electron chi connectivity index (χ0n) is 14.0. The number of rotatable bonds is 6. The number of ether oxygens (including phenoxy) is 2. The molecule has 5 nitrogen and oxygen atoms in total. The van der Waals surface area contributed by atoms with E-state index in [1.54, 1.807) is 0 Å². The van der Waals surface area contributed by atoms with Gasteiger partial charge in [0, 0.05) is 12.6 Å². The van der Waals surface area contributed by atoms with Crippen LogP contribution in [0.4, 0.5) is 0 Å². The zero-order chi connectivity index (χ0) is 17.1. The van der Waals surface area contributed by atoms with E-state index in [-0.39, 0.29) is 11.9 Å². The Morgan fingerprint density at radius 1 is 1.04 bits per heavy atom. The van der Waals surface area contributed by atoms with E-state index in [2.05, 4.69) is 10.6 Å². The molecule has 0 bridgehead atoms. The van der Waals surface area contributed by atoms with Gasteiger partial charge in [-0.05, 0) is 36.1 Å². The van der Waals surface area contributed by atoms with Crippen LogP contribution in [0.1, 0.15) is 30.0 Å². The first-order chi connectivity index (χ1) is 12.3. The first-order valence-corrected chi connectivity index (χ1v) is 8.77. The molecule has 2 aliphatic rings. The van der Waals surface area contributed by atoms with Crippen molar-refractivity contribution in [1.82, 2.24) is 10.6 Å². The fraction of sp³-hybridized carbons (Fsp3) is 0.350. The molecular weight excluding hydrogens is 316 g/mol. The molecular formula is C20H22N2O3. The Labute approximate surface area is 147 Å². The monoisotopic (exact) mass is 338 g/mol. The third-order valence-corrected chi connectivity index (χ3v) is 4.44. The number of nitrogens with one attached hydrogen (secondary N) is 2. The SMILES string of the molecule is O=C(NC1CC1)[C@@H](NCc1ccc2c(c1)OCCO2)c1ccccc1. The number of benzene rings is 2. The Morgan fingerprint density at radius 3 is 2.56 bits per heavy atom. The van der Waals surface area contributed by atoms with Gasteiger partial charge in [0.1, 0.15) is 19.3 Å². The Hall–Kier alpha value is -2.53. The lowest BCUT2D eigenvalue weighted by Crippen LogP contribution is -2.38. The third kappa shape index (κ3) is 3.94. The molecule has 1 saturated carbocycles. The summed E-state index contributed by atoms with van der Waals surface area (Å²) in [6.45, 7) is 1.73. The van der Waals surface area contributed by atoms with Crippen LogP contribution in [0.25, 0.3) is 0 Å². The molecule has 0 spiro atoms. The molecule has 1 aliphatic carbocycles. The van der Waals surface area contributed by atoms with Crippen LogP contribution in [0.5, 0.6) is 11.5 Å². The molecule has 1 atom stereocenters. The highest BCUT2D eigenvalue weighted by Gasteiger charge is 2.28. The summed E-state index contributed by atoms with van der Waals surface area (Å²) >= 11 is 0. The van der Waals surface area contributed by atoms with Crippen LogP contribution < -0.4 is 20.1 Å². The van der Waals surface area contributed by atoms with E-state index < -0.39 is 0 Å². The summed E-state index contributed by atoms with van der Waals surface area (Å²) in [5, 5.41) is 6.48. The Bertz CT molecular complexity index is 744. The number of carbonyl (C=O) groups excluding carboxylic acids is 1. The van der Waals surface area contributed by atoms with Gasteiger partial charge in [-0.2, -0.15) is 0 Å². The van der Waals surface area contributed by atoms with E-state index in [0.717, 1.165) is 35.5 Å². The highest BCUT2D eigenvalue weighted by atomic mass is 16.6. The maximum atomic E-state index is 12.6. The average Bonchev–Trinajstić information content (AvgIpc) is 3.46. The van der Waals surface area contributed by atoms with Gasteiger partial charge < -0.3 is 14.8 Å². The summed E-state index contributed by atoms with van der Waals surface area (Å²) in [6.07, 6.45) is 2.16. The molecule has 0 aromatic heterocycles. The molecule has 25 heavy (non-hydrogen) atoms. The quantitative estimate of drug-likeness (QED) is 0.850. The Kier molecular flexibility index (Phi) is 4.57. The van der Waals surface area contributed by atoms with Crippen molar-refractivity contribution in [3.63, 3.8) is 0 Å². The first-order valence-electron chi connectivity index (χ1n) is 8.77. The second-order valence-corrected chi connectivity index (χ2v) is 6.49.